The zero-order chi connectivity index (χ0) is 17.1. The molecule has 0 radical (unpaired) electrons. The number of benzene rings is 1. The van der Waals surface area contributed by atoms with E-state index in [9.17, 15) is 4.79 Å². The Kier molecular flexibility index (Phi) is 4.30. The predicted octanol–water partition coefficient (Wildman–Crippen LogP) is 1.75. The number of rotatable bonds is 5. The number of carbonyl (C=O) groups is 1. The first-order valence-corrected chi connectivity index (χ1v) is 8.45. The highest BCUT2D eigenvalue weighted by Gasteiger charge is 2.22. The quantitative estimate of drug-likeness (QED) is 0.662. The minimum Gasteiger partial charge on any atom is -0.312 e. The molecule has 3 heterocycles. The normalized spacial score (nSPS) is 13.4. The molecule has 0 aliphatic carbocycles. The van der Waals surface area contributed by atoms with Gasteiger partial charge in [0.15, 0.2) is 5.69 Å². The summed E-state index contributed by atoms with van der Waals surface area (Å²) in [6.45, 7) is 2.28. The molecule has 0 atom stereocenters. The topological polar surface area (TPSA) is 87.6 Å². The molecule has 0 saturated carbocycles. The van der Waals surface area contributed by atoms with Crippen molar-refractivity contribution in [2.75, 3.05) is 11.9 Å². The van der Waals surface area contributed by atoms with Gasteiger partial charge in [0.25, 0.3) is 5.91 Å². The fraction of sp³-hybridized carbons (Fsp3) is 0.278. The van der Waals surface area contributed by atoms with Gasteiger partial charge in [-0.25, -0.2) is 4.68 Å². The zero-order valence-electron chi connectivity index (χ0n) is 13.8. The maximum absolute atomic E-state index is 12.6. The van der Waals surface area contributed by atoms with E-state index in [2.05, 4.69) is 38.1 Å². The van der Waals surface area contributed by atoms with Crippen LogP contribution in [-0.4, -0.2) is 32.4 Å². The zero-order valence-corrected chi connectivity index (χ0v) is 13.8. The summed E-state index contributed by atoms with van der Waals surface area (Å²) in [5.74, 6) is 0.476. The Labute approximate surface area is 145 Å². The fourth-order valence-electron chi connectivity index (χ4n) is 3.09. The summed E-state index contributed by atoms with van der Waals surface area (Å²) in [5.41, 5.74) is 3.70. The number of fused-ring (bicyclic) bond motifs is 1. The molecule has 1 aliphatic heterocycles. The molecule has 0 spiro atoms. The molecule has 0 fully saturated rings. The molecule has 1 amide bonds. The average molecular weight is 336 g/mol. The first-order chi connectivity index (χ1) is 12.3. The summed E-state index contributed by atoms with van der Waals surface area (Å²) < 4.78 is 1.81. The molecule has 4 rings (SSSR count). The second kappa shape index (κ2) is 6.90. The van der Waals surface area contributed by atoms with Crippen molar-refractivity contribution in [3.05, 3.63) is 65.1 Å². The van der Waals surface area contributed by atoms with Gasteiger partial charge in [0.2, 0.25) is 0 Å². The van der Waals surface area contributed by atoms with Gasteiger partial charge in [-0.15, -0.1) is 0 Å². The highest BCUT2D eigenvalue weighted by molar-refractivity contribution is 6.03. The van der Waals surface area contributed by atoms with Gasteiger partial charge in [-0.3, -0.25) is 9.89 Å². The van der Waals surface area contributed by atoms with Crippen molar-refractivity contribution in [1.29, 1.82) is 0 Å². The van der Waals surface area contributed by atoms with Crippen molar-refractivity contribution in [1.82, 2.24) is 25.3 Å². The Morgan fingerprint density at radius 1 is 1.24 bits per heavy atom. The Balaban J connectivity index is 1.45. The van der Waals surface area contributed by atoms with Crippen molar-refractivity contribution >= 4 is 11.7 Å². The number of nitrogens with zero attached hydrogens (tertiary/aromatic N) is 3. The number of H-pyrrole nitrogens is 1. The van der Waals surface area contributed by atoms with Gasteiger partial charge in [0, 0.05) is 43.4 Å². The van der Waals surface area contributed by atoms with Crippen LogP contribution in [0.15, 0.2) is 42.6 Å². The maximum Gasteiger partial charge on any atom is 0.277 e. The van der Waals surface area contributed by atoms with E-state index in [-0.39, 0.29) is 5.91 Å². The highest BCUT2D eigenvalue weighted by atomic mass is 16.2. The van der Waals surface area contributed by atoms with Gasteiger partial charge in [-0.2, -0.15) is 10.2 Å². The Morgan fingerprint density at radius 3 is 3.00 bits per heavy atom. The third-order valence-electron chi connectivity index (χ3n) is 4.43. The monoisotopic (exact) mass is 336 g/mol. The number of carbonyl (C=O) groups excluding carboxylic acids is 1. The van der Waals surface area contributed by atoms with E-state index in [1.54, 1.807) is 12.3 Å². The summed E-state index contributed by atoms with van der Waals surface area (Å²) in [5, 5.41) is 17.7. The second-order valence-electron chi connectivity index (χ2n) is 6.09. The second-order valence-corrected chi connectivity index (χ2v) is 6.09. The number of hydrogen-bond acceptors (Lipinski definition) is 4. The number of nitrogens with one attached hydrogen (secondary N) is 3. The number of aryl methyl sites for hydroxylation is 2. The van der Waals surface area contributed by atoms with Gasteiger partial charge in [-0.1, -0.05) is 30.3 Å². The lowest BCUT2D eigenvalue weighted by molar-refractivity contribution is 0.102. The van der Waals surface area contributed by atoms with Crippen LogP contribution in [0.5, 0.6) is 0 Å². The smallest absolute Gasteiger partial charge is 0.277 e. The van der Waals surface area contributed by atoms with Gasteiger partial charge in [0.05, 0.1) is 6.20 Å². The van der Waals surface area contributed by atoms with Crippen LogP contribution in [0.25, 0.3) is 0 Å². The van der Waals surface area contributed by atoms with Crippen LogP contribution < -0.4 is 10.6 Å². The molecular formula is C18H20N6O. The van der Waals surface area contributed by atoms with Crippen molar-refractivity contribution in [2.45, 2.75) is 25.9 Å². The molecule has 2 aromatic heterocycles. The standard InChI is InChI=1S/C18H20N6O/c25-18(17-14-12-19-9-6-15(14)22-23-17)21-16-7-10-20-24(16)11-8-13-4-2-1-3-5-13/h1-5,7,10,19H,6,8-9,11-12H2,(H,21,25)(H,22,23). The van der Waals surface area contributed by atoms with Gasteiger partial charge in [0.1, 0.15) is 5.82 Å². The maximum atomic E-state index is 12.6. The van der Waals surface area contributed by atoms with Gasteiger partial charge < -0.3 is 10.6 Å². The average Bonchev–Trinajstić information content (AvgIpc) is 3.27. The Morgan fingerprint density at radius 2 is 2.12 bits per heavy atom. The van der Waals surface area contributed by atoms with Gasteiger partial charge in [-0.05, 0) is 12.0 Å². The van der Waals surface area contributed by atoms with E-state index in [4.69, 9.17) is 0 Å². The van der Waals surface area contributed by atoms with E-state index >= 15 is 0 Å². The molecule has 7 nitrogen and oxygen atoms in total. The number of anilines is 1. The minimum absolute atomic E-state index is 0.206. The van der Waals surface area contributed by atoms with Crippen LogP contribution in [0.2, 0.25) is 0 Å². The van der Waals surface area contributed by atoms with Gasteiger partial charge >= 0.3 is 0 Å². The van der Waals surface area contributed by atoms with Crippen LogP contribution in [0, 0.1) is 0 Å². The molecule has 0 saturated heterocycles. The fourth-order valence-corrected chi connectivity index (χ4v) is 3.09. The predicted molar refractivity (Wildman–Crippen MR) is 94.3 cm³/mol. The number of hydrogen-bond donors (Lipinski definition) is 3. The van der Waals surface area contributed by atoms with Crippen molar-refractivity contribution in [2.24, 2.45) is 0 Å². The molecule has 1 aliphatic rings. The number of aromatic amines is 1. The molecule has 3 N–H and O–H groups in total. The first-order valence-electron chi connectivity index (χ1n) is 8.45. The van der Waals surface area contributed by atoms with E-state index < -0.39 is 0 Å². The number of amides is 1. The molecule has 0 unspecified atom stereocenters. The Bertz CT molecular complexity index is 867. The summed E-state index contributed by atoms with van der Waals surface area (Å²) in [6, 6.07) is 12.0. The van der Waals surface area contributed by atoms with Crippen molar-refractivity contribution in [3.8, 4) is 0 Å². The van der Waals surface area contributed by atoms with Crippen LogP contribution in [0.3, 0.4) is 0 Å². The SMILES string of the molecule is O=C(Nc1ccnn1CCc1ccccc1)c1n[nH]c2c1CNCC2. The summed E-state index contributed by atoms with van der Waals surface area (Å²) in [7, 11) is 0. The molecule has 25 heavy (non-hydrogen) atoms. The highest BCUT2D eigenvalue weighted by Crippen LogP contribution is 2.17. The third-order valence-corrected chi connectivity index (χ3v) is 4.43. The number of aromatic nitrogens is 4. The van der Waals surface area contributed by atoms with E-state index in [0.29, 0.717) is 24.6 Å². The lowest BCUT2D eigenvalue weighted by Gasteiger charge is -2.13. The van der Waals surface area contributed by atoms with Crippen LogP contribution in [0.1, 0.15) is 27.3 Å². The third kappa shape index (κ3) is 3.32. The van der Waals surface area contributed by atoms with Crippen molar-refractivity contribution < 1.29 is 4.79 Å². The first kappa shape index (κ1) is 15.6. The Hall–Kier alpha value is -2.93. The minimum atomic E-state index is -0.206. The van der Waals surface area contributed by atoms with Crippen LogP contribution >= 0.6 is 0 Å². The molecule has 1 aromatic carbocycles. The summed E-state index contributed by atoms with van der Waals surface area (Å²) >= 11 is 0. The van der Waals surface area contributed by atoms with Crippen LogP contribution in [0.4, 0.5) is 5.82 Å². The van der Waals surface area contributed by atoms with Crippen LogP contribution in [-0.2, 0) is 25.9 Å². The summed E-state index contributed by atoms with van der Waals surface area (Å²) in [6.07, 6.45) is 3.42. The van der Waals surface area contributed by atoms with E-state index in [1.165, 1.54) is 5.56 Å². The molecule has 3 aromatic rings. The van der Waals surface area contributed by atoms with E-state index in [1.807, 2.05) is 22.9 Å². The van der Waals surface area contributed by atoms with E-state index in [0.717, 1.165) is 30.6 Å². The lowest BCUT2D eigenvalue weighted by Crippen LogP contribution is -2.25. The summed E-state index contributed by atoms with van der Waals surface area (Å²) in [4.78, 5) is 12.6. The molecule has 0 bridgehead atoms. The molecule has 128 valence electrons. The van der Waals surface area contributed by atoms with Crippen molar-refractivity contribution in [3.63, 3.8) is 0 Å². The molecular weight excluding hydrogens is 316 g/mol. The lowest BCUT2D eigenvalue weighted by atomic mass is 10.1. The largest absolute Gasteiger partial charge is 0.312 e. The molecule has 7 heteroatoms.